The standard InChI is InChI=1S/C7H15NO4S2/c1-2-4-14(11,12)8-7-3-5-13(9,10)6-7/h7-8H,2-6H2,1H3. The van der Waals surface area contributed by atoms with Gasteiger partial charge in [0.15, 0.2) is 9.84 Å². The van der Waals surface area contributed by atoms with Crippen molar-refractivity contribution >= 4 is 19.9 Å². The van der Waals surface area contributed by atoms with Crippen LogP contribution in [-0.2, 0) is 19.9 Å². The molecule has 1 aliphatic heterocycles. The summed E-state index contributed by atoms with van der Waals surface area (Å²) in [5, 5.41) is 0. The zero-order chi connectivity index (χ0) is 10.8. The second kappa shape index (κ2) is 4.16. The molecule has 0 aromatic carbocycles. The Kier molecular flexibility index (Phi) is 3.54. The van der Waals surface area contributed by atoms with Crippen LogP contribution in [0.15, 0.2) is 0 Å². The molecule has 0 amide bonds. The second-order valence-corrected chi connectivity index (χ2v) is 7.64. The van der Waals surface area contributed by atoms with Gasteiger partial charge in [-0.25, -0.2) is 21.6 Å². The monoisotopic (exact) mass is 241 g/mol. The van der Waals surface area contributed by atoms with Gasteiger partial charge < -0.3 is 0 Å². The summed E-state index contributed by atoms with van der Waals surface area (Å²) in [4.78, 5) is 0. The molecule has 0 bridgehead atoms. The minimum Gasteiger partial charge on any atom is -0.229 e. The van der Waals surface area contributed by atoms with Gasteiger partial charge in [-0.1, -0.05) is 6.92 Å². The van der Waals surface area contributed by atoms with Gasteiger partial charge in [-0.3, -0.25) is 0 Å². The molecular formula is C7H15NO4S2. The predicted octanol–water partition coefficient (Wildman–Crippen LogP) is -0.497. The summed E-state index contributed by atoms with van der Waals surface area (Å²) in [6, 6.07) is -0.420. The summed E-state index contributed by atoms with van der Waals surface area (Å²) >= 11 is 0. The Morgan fingerprint density at radius 1 is 1.43 bits per heavy atom. The van der Waals surface area contributed by atoms with Gasteiger partial charge in [-0.15, -0.1) is 0 Å². The summed E-state index contributed by atoms with van der Waals surface area (Å²) < 4.78 is 47.1. The Bertz CT molecular complexity index is 384. The zero-order valence-electron chi connectivity index (χ0n) is 8.06. The fraction of sp³-hybridized carbons (Fsp3) is 1.00. The molecule has 1 fully saturated rings. The van der Waals surface area contributed by atoms with E-state index in [-0.39, 0.29) is 17.3 Å². The van der Waals surface area contributed by atoms with Crippen molar-refractivity contribution in [3.63, 3.8) is 0 Å². The molecule has 5 nitrogen and oxygen atoms in total. The highest BCUT2D eigenvalue weighted by Gasteiger charge is 2.30. The normalized spacial score (nSPS) is 26.5. The maximum atomic E-state index is 11.3. The highest BCUT2D eigenvalue weighted by molar-refractivity contribution is 7.92. The molecule has 0 spiro atoms. The molecule has 14 heavy (non-hydrogen) atoms. The van der Waals surface area contributed by atoms with Gasteiger partial charge in [0.25, 0.3) is 0 Å². The first-order valence-electron chi connectivity index (χ1n) is 4.55. The Morgan fingerprint density at radius 2 is 2.07 bits per heavy atom. The number of hydrogen-bond acceptors (Lipinski definition) is 4. The van der Waals surface area contributed by atoms with E-state index in [9.17, 15) is 16.8 Å². The number of sulfone groups is 1. The molecule has 0 saturated carbocycles. The third-order valence-corrected chi connectivity index (χ3v) is 5.46. The zero-order valence-corrected chi connectivity index (χ0v) is 9.70. The molecule has 7 heteroatoms. The van der Waals surface area contributed by atoms with E-state index in [2.05, 4.69) is 4.72 Å². The van der Waals surface area contributed by atoms with Gasteiger partial charge in [0, 0.05) is 6.04 Å². The van der Waals surface area contributed by atoms with Gasteiger partial charge in [0.05, 0.1) is 17.3 Å². The smallest absolute Gasteiger partial charge is 0.211 e. The number of rotatable bonds is 4. The van der Waals surface area contributed by atoms with Crippen LogP contribution in [0.1, 0.15) is 19.8 Å². The van der Waals surface area contributed by atoms with Crippen molar-refractivity contribution in [2.75, 3.05) is 17.3 Å². The quantitative estimate of drug-likeness (QED) is 0.719. The van der Waals surface area contributed by atoms with E-state index in [1.165, 1.54) is 0 Å². The van der Waals surface area contributed by atoms with Crippen LogP contribution in [0.5, 0.6) is 0 Å². The van der Waals surface area contributed by atoms with Gasteiger partial charge in [0.2, 0.25) is 10.0 Å². The van der Waals surface area contributed by atoms with Gasteiger partial charge >= 0.3 is 0 Å². The molecule has 0 radical (unpaired) electrons. The molecule has 0 aromatic heterocycles. The highest BCUT2D eigenvalue weighted by Crippen LogP contribution is 2.12. The van der Waals surface area contributed by atoms with Crippen molar-refractivity contribution < 1.29 is 16.8 Å². The van der Waals surface area contributed by atoms with Crippen LogP contribution < -0.4 is 4.72 Å². The number of nitrogens with one attached hydrogen (secondary N) is 1. The minimum atomic E-state index is -3.28. The SMILES string of the molecule is CCCS(=O)(=O)NC1CCS(=O)(=O)C1. The first-order valence-corrected chi connectivity index (χ1v) is 8.02. The van der Waals surface area contributed by atoms with Crippen molar-refractivity contribution in [2.45, 2.75) is 25.8 Å². The molecule has 0 aromatic rings. The van der Waals surface area contributed by atoms with Crippen LogP contribution >= 0.6 is 0 Å². The van der Waals surface area contributed by atoms with E-state index in [4.69, 9.17) is 0 Å². The summed E-state index contributed by atoms with van der Waals surface area (Å²) in [6.07, 6.45) is 0.931. The van der Waals surface area contributed by atoms with Crippen molar-refractivity contribution in [1.82, 2.24) is 4.72 Å². The molecule has 1 unspecified atom stereocenters. The summed E-state index contributed by atoms with van der Waals surface area (Å²) in [5.74, 6) is 0.0891. The summed E-state index contributed by atoms with van der Waals surface area (Å²) in [7, 11) is -6.29. The largest absolute Gasteiger partial charge is 0.229 e. The minimum absolute atomic E-state index is 0.0591. The molecule has 0 aliphatic carbocycles. The molecule has 1 N–H and O–H groups in total. The highest BCUT2D eigenvalue weighted by atomic mass is 32.2. The average Bonchev–Trinajstić information content (AvgIpc) is 2.28. The molecule has 1 heterocycles. The van der Waals surface area contributed by atoms with Crippen LogP contribution in [0, 0.1) is 0 Å². The lowest BCUT2D eigenvalue weighted by molar-refractivity contribution is 0.561. The Balaban J connectivity index is 2.56. The lowest BCUT2D eigenvalue weighted by Gasteiger charge is -2.10. The molecular weight excluding hydrogens is 226 g/mol. The van der Waals surface area contributed by atoms with E-state index in [1.54, 1.807) is 6.92 Å². The molecule has 1 saturated heterocycles. The average molecular weight is 241 g/mol. The third-order valence-electron chi connectivity index (χ3n) is 2.05. The summed E-state index contributed by atoms with van der Waals surface area (Å²) in [5.41, 5.74) is 0. The molecule has 1 aliphatic rings. The lowest BCUT2D eigenvalue weighted by Crippen LogP contribution is -2.36. The van der Waals surface area contributed by atoms with E-state index in [0.29, 0.717) is 12.8 Å². The first kappa shape index (κ1) is 11.9. The third kappa shape index (κ3) is 3.55. The topological polar surface area (TPSA) is 80.3 Å². The van der Waals surface area contributed by atoms with E-state index >= 15 is 0 Å². The first-order chi connectivity index (χ1) is 6.35. The van der Waals surface area contributed by atoms with Crippen molar-refractivity contribution in [2.24, 2.45) is 0 Å². The molecule has 1 atom stereocenters. The second-order valence-electron chi connectivity index (χ2n) is 3.54. The number of hydrogen-bond donors (Lipinski definition) is 1. The Labute approximate surface area is 84.9 Å². The van der Waals surface area contributed by atoms with Crippen LogP contribution in [-0.4, -0.2) is 40.1 Å². The maximum Gasteiger partial charge on any atom is 0.211 e. The Morgan fingerprint density at radius 3 is 2.50 bits per heavy atom. The fourth-order valence-corrected chi connectivity index (χ4v) is 4.61. The van der Waals surface area contributed by atoms with Crippen LogP contribution in [0.2, 0.25) is 0 Å². The van der Waals surface area contributed by atoms with Crippen molar-refractivity contribution in [3.05, 3.63) is 0 Å². The van der Waals surface area contributed by atoms with Gasteiger partial charge in [-0.05, 0) is 12.8 Å². The van der Waals surface area contributed by atoms with Gasteiger partial charge in [0.1, 0.15) is 0 Å². The lowest BCUT2D eigenvalue weighted by atomic mass is 10.3. The number of sulfonamides is 1. The van der Waals surface area contributed by atoms with Crippen LogP contribution in [0.25, 0.3) is 0 Å². The predicted molar refractivity (Wildman–Crippen MR) is 54.3 cm³/mol. The molecule has 84 valence electrons. The van der Waals surface area contributed by atoms with E-state index in [0.717, 1.165) is 0 Å². The van der Waals surface area contributed by atoms with Crippen LogP contribution in [0.4, 0.5) is 0 Å². The summed E-state index contributed by atoms with van der Waals surface area (Å²) in [6.45, 7) is 1.77. The Hall–Kier alpha value is -0.140. The van der Waals surface area contributed by atoms with Crippen LogP contribution in [0.3, 0.4) is 0 Å². The van der Waals surface area contributed by atoms with Crippen molar-refractivity contribution in [1.29, 1.82) is 0 Å². The maximum absolute atomic E-state index is 11.3. The molecule has 1 rings (SSSR count). The van der Waals surface area contributed by atoms with E-state index < -0.39 is 25.9 Å². The fourth-order valence-electron chi connectivity index (χ4n) is 1.47. The van der Waals surface area contributed by atoms with Crippen molar-refractivity contribution in [3.8, 4) is 0 Å². The van der Waals surface area contributed by atoms with Gasteiger partial charge in [-0.2, -0.15) is 0 Å². The van der Waals surface area contributed by atoms with E-state index in [1.807, 2.05) is 0 Å².